The average Bonchev–Trinajstić information content (AvgIpc) is 2.66. The fourth-order valence-corrected chi connectivity index (χ4v) is 2.40. The van der Waals surface area contributed by atoms with Gasteiger partial charge in [0.05, 0.1) is 12.0 Å². The number of hydrogen-bond acceptors (Lipinski definition) is 5. The van der Waals surface area contributed by atoms with Gasteiger partial charge in [-0.05, 0) is 44.0 Å². The van der Waals surface area contributed by atoms with Gasteiger partial charge in [0, 0.05) is 23.2 Å². The normalized spacial score (nSPS) is 11.0. The molecular formula is C20H24N2O5. The lowest BCUT2D eigenvalue weighted by Gasteiger charge is -2.24. The van der Waals surface area contributed by atoms with Crippen LogP contribution < -0.4 is 14.8 Å². The predicted molar refractivity (Wildman–Crippen MR) is 103 cm³/mol. The Labute approximate surface area is 158 Å². The van der Waals surface area contributed by atoms with E-state index in [1.54, 1.807) is 31.4 Å². The van der Waals surface area contributed by atoms with Gasteiger partial charge < -0.3 is 14.8 Å². The number of nitro groups is 1. The largest absolute Gasteiger partial charge is 0.497 e. The molecule has 0 saturated carbocycles. The molecule has 7 heteroatoms. The van der Waals surface area contributed by atoms with Crippen LogP contribution in [0.15, 0.2) is 42.5 Å². The molecule has 0 aliphatic rings. The van der Waals surface area contributed by atoms with Crippen LogP contribution >= 0.6 is 0 Å². The summed E-state index contributed by atoms with van der Waals surface area (Å²) < 4.78 is 10.8. The van der Waals surface area contributed by atoms with Crippen LogP contribution in [0.25, 0.3) is 11.1 Å². The van der Waals surface area contributed by atoms with Crippen LogP contribution in [0.4, 0.5) is 5.69 Å². The molecule has 0 atom stereocenters. The number of nitrogens with one attached hydrogen (secondary N) is 1. The summed E-state index contributed by atoms with van der Waals surface area (Å²) in [5, 5.41) is 14.0. The molecule has 1 N–H and O–H groups in total. The summed E-state index contributed by atoms with van der Waals surface area (Å²) >= 11 is 0. The highest BCUT2D eigenvalue weighted by molar-refractivity contribution is 5.79. The van der Waals surface area contributed by atoms with Crippen molar-refractivity contribution < 1.29 is 19.2 Å². The molecule has 0 aliphatic carbocycles. The van der Waals surface area contributed by atoms with Crippen LogP contribution in [0.3, 0.4) is 0 Å². The number of hydrogen-bond donors (Lipinski definition) is 1. The van der Waals surface area contributed by atoms with Crippen LogP contribution in [0.2, 0.25) is 0 Å². The highest BCUT2D eigenvalue weighted by Gasteiger charge is 2.19. The maximum absolute atomic E-state index is 12.1. The predicted octanol–water partition coefficient (Wildman–Crippen LogP) is 3.95. The van der Waals surface area contributed by atoms with E-state index in [-0.39, 0.29) is 23.7 Å². The van der Waals surface area contributed by atoms with E-state index in [1.165, 1.54) is 18.2 Å². The third kappa shape index (κ3) is 5.44. The minimum Gasteiger partial charge on any atom is -0.497 e. The molecule has 2 rings (SSSR count). The van der Waals surface area contributed by atoms with E-state index in [9.17, 15) is 14.9 Å². The summed E-state index contributed by atoms with van der Waals surface area (Å²) in [6.07, 6.45) is 0.785. The first-order chi connectivity index (χ1) is 12.8. The summed E-state index contributed by atoms with van der Waals surface area (Å²) in [5.41, 5.74) is 0.886. The first-order valence-electron chi connectivity index (χ1n) is 8.62. The van der Waals surface area contributed by atoms with Gasteiger partial charge in [0.15, 0.2) is 6.61 Å². The van der Waals surface area contributed by atoms with Crippen molar-refractivity contribution >= 4 is 11.6 Å². The molecule has 0 unspecified atom stereocenters. The Hall–Kier alpha value is -3.09. The van der Waals surface area contributed by atoms with Gasteiger partial charge in [0.2, 0.25) is 0 Å². The van der Waals surface area contributed by atoms with E-state index in [4.69, 9.17) is 9.47 Å². The molecule has 27 heavy (non-hydrogen) atoms. The van der Waals surface area contributed by atoms with E-state index in [0.29, 0.717) is 17.1 Å². The second-order valence-electron chi connectivity index (χ2n) is 6.74. The Balaban J connectivity index is 2.27. The molecule has 1 amide bonds. The topological polar surface area (TPSA) is 90.7 Å². The third-order valence-electron chi connectivity index (χ3n) is 4.30. The molecule has 0 bridgehead atoms. The Morgan fingerprint density at radius 2 is 1.85 bits per heavy atom. The first kappa shape index (κ1) is 20.2. The minimum absolute atomic E-state index is 0.0512. The van der Waals surface area contributed by atoms with E-state index in [0.717, 1.165) is 12.0 Å². The second-order valence-corrected chi connectivity index (χ2v) is 6.74. The number of nitrogens with zero attached hydrogens (tertiary/aromatic N) is 1. The fraction of sp³-hybridized carbons (Fsp3) is 0.350. The monoisotopic (exact) mass is 372 g/mol. The minimum atomic E-state index is -0.465. The van der Waals surface area contributed by atoms with E-state index in [2.05, 4.69) is 5.32 Å². The first-order valence-corrected chi connectivity index (χ1v) is 8.62. The Kier molecular flexibility index (Phi) is 6.39. The summed E-state index contributed by atoms with van der Waals surface area (Å²) in [6.45, 7) is 5.67. The van der Waals surface area contributed by atoms with Gasteiger partial charge in [-0.25, -0.2) is 0 Å². The van der Waals surface area contributed by atoms with Crippen molar-refractivity contribution in [1.29, 1.82) is 0 Å². The SMILES string of the molecule is CCC(C)(C)NC(=O)COc1ccc([N+](=O)[O-])cc1-c1ccc(OC)cc1. The fourth-order valence-electron chi connectivity index (χ4n) is 2.40. The number of nitro benzene ring substituents is 1. The number of rotatable bonds is 8. The summed E-state index contributed by atoms with van der Waals surface area (Å²) in [4.78, 5) is 22.8. The standard InChI is InChI=1S/C20H24N2O5/c1-5-20(2,3)21-19(23)13-27-18-11-8-15(22(24)25)12-17(18)14-6-9-16(26-4)10-7-14/h6-12H,5,13H2,1-4H3,(H,21,23). The Morgan fingerprint density at radius 3 is 2.41 bits per heavy atom. The average molecular weight is 372 g/mol. The number of amides is 1. The highest BCUT2D eigenvalue weighted by atomic mass is 16.6. The Morgan fingerprint density at radius 1 is 1.19 bits per heavy atom. The highest BCUT2D eigenvalue weighted by Crippen LogP contribution is 2.34. The summed E-state index contributed by atoms with van der Waals surface area (Å²) in [7, 11) is 1.56. The molecule has 0 aromatic heterocycles. The van der Waals surface area contributed by atoms with Gasteiger partial charge in [-0.15, -0.1) is 0 Å². The van der Waals surface area contributed by atoms with Crippen LogP contribution in [-0.2, 0) is 4.79 Å². The molecule has 0 aliphatic heterocycles. The van der Waals surface area contributed by atoms with Crippen molar-refractivity contribution in [3.63, 3.8) is 0 Å². The second kappa shape index (κ2) is 8.53. The zero-order valence-electron chi connectivity index (χ0n) is 15.9. The van der Waals surface area contributed by atoms with E-state index < -0.39 is 4.92 Å². The molecular weight excluding hydrogens is 348 g/mol. The lowest BCUT2D eigenvalue weighted by atomic mass is 10.0. The van der Waals surface area contributed by atoms with Crippen molar-refractivity contribution in [3.05, 3.63) is 52.6 Å². The molecule has 0 heterocycles. The Bertz CT molecular complexity index is 816. The number of benzene rings is 2. The number of non-ortho nitro benzene ring substituents is 1. The summed E-state index contributed by atoms with van der Waals surface area (Å²) in [6, 6.07) is 11.4. The van der Waals surface area contributed by atoms with Crippen molar-refractivity contribution in [3.8, 4) is 22.6 Å². The zero-order chi connectivity index (χ0) is 20.0. The number of carbonyl (C=O) groups excluding carboxylic acids is 1. The van der Waals surface area contributed by atoms with Crippen LogP contribution in [-0.4, -0.2) is 30.1 Å². The van der Waals surface area contributed by atoms with Crippen molar-refractivity contribution in [2.24, 2.45) is 0 Å². The molecule has 0 saturated heterocycles. The molecule has 144 valence electrons. The van der Waals surface area contributed by atoms with Crippen LogP contribution in [0, 0.1) is 10.1 Å². The van der Waals surface area contributed by atoms with E-state index in [1.807, 2.05) is 20.8 Å². The maximum atomic E-state index is 12.1. The molecule has 2 aromatic rings. The lowest BCUT2D eigenvalue weighted by Crippen LogP contribution is -2.44. The number of methoxy groups -OCH3 is 1. The van der Waals surface area contributed by atoms with Gasteiger partial charge in [-0.2, -0.15) is 0 Å². The molecule has 7 nitrogen and oxygen atoms in total. The summed E-state index contributed by atoms with van der Waals surface area (Å²) in [5.74, 6) is 0.823. The number of carbonyl (C=O) groups is 1. The van der Waals surface area contributed by atoms with E-state index >= 15 is 0 Å². The van der Waals surface area contributed by atoms with Crippen molar-refractivity contribution in [2.75, 3.05) is 13.7 Å². The van der Waals surface area contributed by atoms with Crippen LogP contribution in [0.1, 0.15) is 27.2 Å². The van der Waals surface area contributed by atoms with Gasteiger partial charge in [0.25, 0.3) is 11.6 Å². The molecule has 0 radical (unpaired) electrons. The molecule has 2 aromatic carbocycles. The quantitative estimate of drug-likeness (QED) is 0.559. The third-order valence-corrected chi connectivity index (χ3v) is 4.30. The smallest absolute Gasteiger partial charge is 0.270 e. The van der Waals surface area contributed by atoms with Gasteiger partial charge >= 0.3 is 0 Å². The van der Waals surface area contributed by atoms with Crippen molar-refractivity contribution in [2.45, 2.75) is 32.7 Å². The van der Waals surface area contributed by atoms with Gasteiger partial charge in [0.1, 0.15) is 11.5 Å². The van der Waals surface area contributed by atoms with Gasteiger partial charge in [-0.3, -0.25) is 14.9 Å². The zero-order valence-corrected chi connectivity index (χ0v) is 15.9. The van der Waals surface area contributed by atoms with Crippen molar-refractivity contribution in [1.82, 2.24) is 5.32 Å². The lowest BCUT2D eigenvalue weighted by molar-refractivity contribution is -0.384. The molecule has 0 spiro atoms. The van der Waals surface area contributed by atoms with Crippen LogP contribution in [0.5, 0.6) is 11.5 Å². The van der Waals surface area contributed by atoms with Gasteiger partial charge in [-0.1, -0.05) is 19.1 Å². The molecule has 0 fully saturated rings. The maximum Gasteiger partial charge on any atom is 0.270 e. The number of ether oxygens (including phenoxy) is 2.